The molecule has 0 amide bonds. The monoisotopic (exact) mass is 209 g/mol. The van der Waals surface area contributed by atoms with Gasteiger partial charge in [-0.3, -0.25) is 0 Å². The summed E-state index contributed by atoms with van der Waals surface area (Å²) < 4.78 is 5.29. The van der Waals surface area contributed by atoms with E-state index in [4.69, 9.17) is 10.3 Å². The van der Waals surface area contributed by atoms with Crippen LogP contribution in [0.15, 0.2) is 4.52 Å². The van der Waals surface area contributed by atoms with Gasteiger partial charge in [-0.15, -0.1) is 0 Å². The molecule has 1 aliphatic rings. The van der Waals surface area contributed by atoms with E-state index < -0.39 is 0 Å². The topological polar surface area (TPSA) is 64.9 Å². The average Bonchev–Trinajstić information content (AvgIpc) is 2.82. The van der Waals surface area contributed by atoms with Crippen LogP contribution in [0.1, 0.15) is 57.2 Å². The number of nitrogens with zero attached hydrogens (tertiary/aromatic N) is 2. The molecule has 0 aliphatic heterocycles. The first-order valence-corrected chi connectivity index (χ1v) is 5.70. The van der Waals surface area contributed by atoms with Crippen molar-refractivity contribution >= 4 is 0 Å². The molecular weight excluding hydrogens is 190 g/mol. The Balaban J connectivity index is 2.00. The second kappa shape index (κ2) is 3.93. The van der Waals surface area contributed by atoms with Crippen molar-refractivity contribution in [3.8, 4) is 0 Å². The molecule has 0 radical (unpaired) electrons. The summed E-state index contributed by atoms with van der Waals surface area (Å²) >= 11 is 0. The van der Waals surface area contributed by atoms with Gasteiger partial charge in [0.05, 0.1) is 0 Å². The Bertz CT molecular complexity index is 330. The first-order chi connectivity index (χ1) is 7.15. The highest BCUT2D eigenvalue weighted by Gasteiger charge is 2.43. The van der Waals surface area contributed by atoms with Crippen LogP contribution in [0.5, 0.6) is 0 Å². The first-order valence-electron chi connectivity index (χ1n) is 5.70. The average molecular weight is 209 g/mol. The van der Waals surface area contributed by atoms with E-state index in [2.05, 4.69) is 24.0 Å². The van der Waals surface area contributed by atoms with E-state index in [1.54, 1.807) is 0 Å². The Hall–Kier alpha value is -0.900. The number of nitrogens with two attached hydrogens (primary N) is 1. The van der Waals surface area contributed by atoms with Crippen molar-refractivity contribution in [3.05, 3.63) is 11.7 Å². The molecule has 2 N–H and O–H groups in total. The van der Waals surface area contributed by atoms with Crippen LogP contribution in [0.25, 0.3) is 0 Å². The molecule has 0 aromatic carbocycles. The van der Waals surface area contributed by atoms with Gasteiger partial charge in [-0.2, -0.15) is 4.98 Å². The number of hydrogen-bond acceptors (Lipinski definition) is 4. The molecule has 4 nitrogen and oxygen atoms in total. The standard InChI is InChI=1S/C11H19N3O/c1-8(4-3-7-12)9-13-10(14-15-9)11(2)5-6-11/h8H,3-7,12H2,1-2H3. The van der Waals surface area contributed by atoms with E-state index in [0.717, 1.165) is 31.1 Å². The largest absolute Gasteiger partial charge is 0.339 e. The second-order valence-electron chi connectivity index (χ2n) is 4.85. The van der Waals surface area contributed by atoms with Crippen molar-refractivity contribution in [2.24, 2.45) is 5.73 Å². The minimum Gasteiger partial charge on any atom is -0.339 e. The molecule has 1 fully saturated rings. The third-order valence-corrected chi connectivity index (χ3v) is 3.24. The molecule has 1 aliphatic carbocycles. The van der Waals surface area contributed by atoms with Gasteiger partial charge in [0.1, 0.15) is 0 Å². The lowest BCUT2D eigenvalue weighted by atomic mass is 10.1. The normalized spacial score (nSPS) is 20.2. The minimum atomic E-state index is 0.204. The highest BCUT2D eigenvalue weighted by molar-refractivity contribution is 5.14. The molecule has 15 heavy (non-hydrogen) atoms. The van der Waals surface area contributed by atoms with E-state index >= 15 is 0 Å². The Morgan fingerprint density at radius 3 is 2.87 bits per heavy atom. The predicted octanol–water partition coefficient (Wildman–Crippen LogP) is 1.96. The second-order valence-corrected chi connectivity index (χ2v) is 4.85. The highest BCUT2D eigenvalue weighted by Crippen LogP contribution is 2.46. The molecule has 0 saturated heterocycles. The molecule has 1 saturated carbocycles. The lowest BCUT2D eigenvalue weighted by Gasteiger charge is -2.03. The van der Waals surface area contributed by atoms with Crippen LogP contribution in [-0.4, -0.2) is 16.7 Å². The van der Waals surface area contributed by atoms with Crippen LogP contribution in [0.4, 0.5) is 0 Å². The summed E-state index contributed by atoms with van der Waals surface area (Å²) in [6.07, 6.45) is 4.40. The molecule has 4 heteroatoms. The molecule has 1 atom stereocenters. The predicted molar refractivity (Wildman–Crippen MR) is 57.6 cm³/mol. The van der Waals surface area contributed by atoms with Gasteiger partial charge in [0.2, 0.25) is 5.89 Å². The summed E-state index contributed by atoms with van der Waals surface area (Å²) in [5.41, 5.74) is 5.68. The molecule has 84 valence electrons. The third kappa shape index (κ3) is 2.20. The van der Waals surface area contributed by atoms with Crippen LogP contribution >= 0.6 is 0 Å². The zero-order valence-electron chi connectivity index (χ0n) is 9.49. The van der Waals surface area contributed by atoms with Gasteiger partial charge < -0.3 is 10.3 Å². The maximum atomic E-state index is 5.47. The number of rotatable bonds is 5. The lowest BCUT2D eigenvalue weighted by molar-refractivity contribution is 0.346. The fraction of sp³-hybridized carbons (Fsp3) is 0.818. The van der Waals surface area contributed by atoms with Crippen LogP contribution < -0.4 is 5.73 Å². The van der Waals surface area contributed by atoms with Crippen LogP contribution in [0.3, 0.4) is 0 Å². The Morgan fingerprint density at radius 1 is 1.53 bits per heavy atom. The summed E-state index contributed by atoms with van der Waals surface area (Å²) in [7, 11) is 0. The van der Waals surface area contributed by atoms with Gasteiger partial charge in [-0.05, 0) is 32.2 Å². The van der Waals surface area contributed by atoms with Crippen molar-refractivity contribution in [2.75, 3.05) is 6.54 Å². The van der Waals surface area contributed by atoms with Crippen molar-refractivity contribution in [1.82, 2.24) is 10.1 Å². The van der Waals surface area contributed by atoms with Gasteiger partial charge in [0.25, 0.3) is 0 Å². The maximum Gasteiger partial charge on any atom is 0.229 e. The van der Waals surface area contributed by atoms with Crippen LogP contribution in [0, 0.1) is 0 Å². The molecular formula is C11H19N3O. The first kappa shape index (κ1) is 10.6. The third-order valence-electron chi connectivity index (χ3n) is 3.24. The maximum absolute atomic E-state index is 5.47. The molecule has 1 aromatic rings. The van der Waals surface area contributed by atoms with E-state index in [0.29, 0.717) is 5.92 Å². The van der Waals surface area contributed by atoms with E-state index in [-0.39, 0.29) is 5.41 Å². The minimum absolute atomic E-state index is 0.204. The quantitative estimate of drug-likeness (QED) is 0.805. The van der Waals surface area contributed by atoms with Crippen molar-refractivity contribution < 1.29 is 4.52 Å². The molecule has 2 rings (SSSR count). The Kier molecular flexibility index (Phi) is 2.78. The molecule has 1 unspecified atom stereocenters. The molecule has 0 spiro atoms. The highest BCUT2D eigenvalue weighted by atomic mass is 16.5. The van der Waals surface area contributed by atoms with Crippen LogP contribution in [-0.2, 0) is 5.41 Å². The van der Waals surface area contributed by atoms with Gasteiger partial charge in [0, 0.05) is 11.3 Å². The van der Waals surface area contributed by atoms with E-state index in [1.165, 1.54) is 12.8 Å². The fourth-order valence-electron chi connectivity index (χ4n) is 1.64. The van der Waals surface area contributed by atoms with Gasteiger partial charge >= 0.3 is 0 Å². The SMILES string of the molecule is CC(CCCN)c1nc(C2(C)CC2)no1. The number of aromatic nitrogens is 2. The summed E-state index contributed by atoms with van der Waals surface area (Å²) in [6, 6.07) is 0. The van der Waals surface area contributed by atoms with Crippen LogP contribution in [0.2, 0.25) is 0 Å². The smallest absolute Gasteiger partial charge is 0.229 e. The molecule has 0 bridgehead atoms. The fourth-order valence-corrected chi connectivity index (χ4v) is 1.64. The lowest BCUT2D eigenvalue weighted by Crippen LogP contribution is -2.04. The van der Waals surface area contributed by atoms with Crippen molar-refractivity contribution in [3.63, 3.8) is 0 Å². The van der Waals surface area contributed by atoms with Crippen molar-refractivity contribution in [1.29, 1.82) is 0 Å². The Morgan fingerprint density at radius 2 is 2.27 bits per heavy atom. The summed E-state index contributed by atoms with van der Waals surface area (Å²) in [6.45, 7) is 5.03. The molecule has 1 heterocycles. The van der Waals surface area contributed by atoms with Gasteiger partial charge in [-0.25, -0.2) is 0 Å². The Labute approximate surface area is 90.2 Å². The zero-order chi connectivity index (χ0) is 10.9. The zero-order valence-corrected chi connectivity index (χ0v) is 9.49. The summed E-state index contributed by atoms with van der Waals surface area (Å²) in [5.74, 6) is 1.99. The van der Waals surface area contributed by atoms with Gasteiger partial charge in [-0.1, -0.05) is 19.0 Å². The molecule has 1 aromatic heterocycles. The van der Waals surface area contributed by atoms with Gasteiger partial charge in [0.15, 0.2) is 5.82 Å². The van der Waals surface area contributed by atoms with Crippen molar-refractivity contribution in [2.45, 2.75) is 50.9 Å². The summed E-state index contributed by atoms with van der Waals surface area (Å²) in [4.78, 5) is 4.48. The number of hydrogen-bond donors (Lipinski definition) is 1. The van der Waals surface area contributed by atoms with E-state index in [1.807, 2.05) is 0 Å². The summed E-state index contributed by atoms with van der Waals surface area (Å²) in [5, 5.41) is 4.06. The van der Waals surface area contributed by atoms with E-state index in [9.17, 15) is 0 Å².